The minimum Gasteiger partial charge on any atom is -0.486 e. The highest BCUT2D eigenvalue weighted by molar-refractivity contribution is 6.35. The molecule has 0 fully saturated rings. The third-order valence-corrected chi connectivity index (χ3v) is 3.97. The highest BCUT2D eigenvalue weighted by Gasteiger charge is 2.14. The Balaban J connectivity index is 1.98. The second-order valence-electron chi connectivity index (χ2n) is 5.51. The molecule has 1 heterocycles. The fourth-order valence-corrected chi connectivity index (χ4v) is 2.85. The molecule has 0 radical (unpaired) electrons. The smallest absolute Gasteiger partial charge is 0.165 e. The number of benzene rings is 2. The van der Waals surface area contributed by atoms with Crippen LogP contribution in [0.5, 0.6) is 5.75 Å². The number of hydrogen-bond donors (Lipinski definition) is 0. The average Bonchev–Trinajstić information content (AvgIpc) is 2.87. The Labute approximate surface area is 134 Å². The number of hydrogen-bond acceptors (Lipinski definition) is 1. The first-order valence-electron chi connectivity index (χ1n) is 7.23. The maximum absolute atomic E-state index is 13.7. The van der Waals surface area contributed by atoms with E-state index in [0.717, 1.165) is 16.5 Å². The molecule has 0 spiro atoms. The van der Waals surface area contributed by atoms with Crippen molar-refractivity contribution in [3.8, 4) is 5.75 Å². The van der Waals surface area contributed by atoms with Crippen molar-refractivity contribution in [2.24, 2.45) is 0 Å². The van der Waals surface area contributed by atoms with E-state index in [1.807, 2.05) is 24.4 Å². The molecule has 3 aromatic rings. The monoisotopic (exact) mass is 317 g/mol. The van der Waals surface area contributed by atoms with Gasteiger partial charge < -0.3 is 9.30 Å². The highest BCUT2D eigenvalue weighted by Crippen LogP contribution is 2.31. The Hall–Kier alpha value is -2.00. The van der Waals surface area contributed by atoms with Gasteiger partial charge in [-0.2, -0.15) is 0 Å². The van der Waals surface area contributed by atoms with Crippen LogP contribution < -0.4 is 4.74 Å². The molecule has 0 aliphatic rings. The maximum Gasteiger partial charge on any atom is 0.165 e. The number of nitrogens with zero attached hydrogens (tertiary/aromatic N) is 1. The van der Waals surface area contributed by atoms with Gasteiger partial charge in [-0.15, -0.1) is 0 Å². The van der Waals surface area contributed by atoms with E-state index in [2.05, 4.69) is 18.4 Å². The van der Waals surface area contributed by atoms with Gasteiger partial charge in [-0.25, -0.2) is 4.39 Å². The van der Waals surface area contributed by atoms with Crippen LogP contribution in [0.15, 0.2) is 48.7 Å². The summed E-state index contributed by atoms with van der Waals surface area (Å²) in [4.78, 5) is 0. The summed E-state index contributed by atoms with van der Waals surface area (Å²) in [6, 6.07) is 12.5. The standard InChI is InChI=1S/C18H17ClFNO/c1-12(2)21-10-13(14-6-5-7-15(19)18(14)21)11-22-17-9-4-3-8-16(17)20/h3-10,12H,11H2,1-2H3. The van der Waals surface area contributed by atoms with Gasteiger partial charge in [-0.1, -0.05) is 35.9 Å². The second kappa shape index (κ2) is 6.01. The molecule has 3 rings (SSSR count). The molecule has 0 aliphatic heterocycles. The molecule has 4 heteroatoms. The van der Waals surface area contributed by atoms with E-state index in [4.69, 9.17) is 16.3 Å². The minimum atomic E-state index is -0.354. The van der Waals surface area contributed by atoms with E-state index in [1.165, 1.54) is 6.07 Å². The largest absolute Gasteiger partial charge is 0.486 e. The number of fused-ring (bicyclic) bond motifs is 1. The first kappa shape index (κ1) is 14.9. The van der Waals surface area contributed by atoms with Crippen LogP contribution >= 0.6 is 11.6 Å². The van der Waals surface area contributed by atoms with E-state index in [9.17, 15) is 4.39 Å². The molecule has 0 saturated heterocycles. The van der Waals surface area contributed by atoms with Crippen molar-refractivity contribution in [3.63, 3.8) is 0 Å². The van der Waals surface area contributed by atoms with Crippen LogP contribution in [0.2, 0.25) is 5.02 Å². The van der Waals surface area contributed by atoms with Gasteiger partial charge in [0, 0.05) is 23.2 Å². The SMILES string of the molecule is CC(C)n1cc(COc2ccccc2F)c2cccc(Cl)c21. The maximum atomic E-state index is 13.7. The molecule has 1 aromatic heterocycles. The van der Waals surface area contributed by atoms with Crippen LogP contribution in [-0.2, 0) is 6.61 Å². The summed E-state index contributed by atoms with van der Waals surface area (Å²) in [5.41, 5.74) is 1.99. The molecule has 0 unspecified atom stereocenters. The predicted octanol–water partition coefficient (Wildman–Crippen LogP) is 5.59. The van der Waals surface area contributed by atoms with Gasteiger partial charge in [0.05, 0.1) is 10.5 Å². The lowest BCUT2D eigenvalue weighted by Crippen LogP contribution is -1.99. The third kappa shape index (κ3) is 2.69. The summed E-state index contributed by atoms with van der Waals surface area (Å²) >= 11 is 6.34. The Morgan fingerprint density at radius 1 is 1.14 bits per heavy atom. The summed E-state index contributed by atoms with van der Waals surface area (Å²) < 4.78 is 21.4. The van der Waals surface area contributed by atoms with E-state index in [1.54, 1.807) is 18.2 Å². The van der Waals surface area contributed by atoms with Gasteiger partial charge in [-0.05, 0) is 32.0 Å². The van der Waals surface area contributed by atoms with E-state index < -0.39 is 0 Å². The van der Waals surface area contributed by atoms with Gasteiger partial charge in [0.15, 0.2) is 11.6 Å². The molecule has 2 aromatic carbocycles. The number of aromatic nitrogens is 1. The van der Waals surface area contributed by atoms with Gasteiger partial charge in [-0.3, -0.25) is 0 Å². The summed E-state index contributed by atoms with van der Waals surface area (Å²) in [6.07, 6.45) is 2.03. The lowest BCUT2D eigenvalue weighted by Gasteiger charge is -2.09. The van der Waals surface area contributed by atoms with Crippen LogP contribution in [0, 0.1) is 5.82 Å². The minimum absolute atomic E-state index is 0.259. The van der Waals surface area contributed by atoms with Crippen molar-refractivity contribution in [2.75, 3.05) is 0 Å². The van der Waals surface area contributed by atoms with Crippen LogP contribution in [0.25, 0.3) is 10.9 Å². The van der Waals surface area contributed by atoms with Gasteiger partial charge in [0.25, 0.3) is 0 Å². The predicted molar refractivity (Wildman–Crippen MR) is 88.1 cm³/mol. The fourth-order valence-electron chi connectivity index (χ4n) is 2.58. The average molecular weight is 318 g/mol. The van der Waals surface area contributed by atoms with Crippen molar-refractivity contribution in [1.29, 1.82) is 0 Å². The molecule has 114 valence electrons. The summed E-state index contributed by atoms with van der Waals surface area (Å²) in [5.74, 6) is -0.0943. The lowest BCUT2D eigenvalue weighted by atomic mass is 10.2. The normalized spacial score (nSPS) is 11.3. The Kier molecular flexibility index (Phi) is 4.08. The van der Waals surface area contributed by atoms with E-state index in [-0.39, 0.29) is 17.6 Å². The number of para-hydroxylation sites is 2. The zero-order valence-corrected chi connectivity index (χ0v) is 13.3. The van der Waals surface area contributed by atoms with Crippen LogP contribution in [0.3, 0.4) is 0 Å². The third-order valence-electron chi connectivity index (χ3n) is 3.66. The summed E-state index contributed by atoms with van der Waals surface area (Å²) in [5, 5.41) is 1.75. The van der Waals surface area contributed by atoms with Gasteiger partial charge in [0.1, 0.15) is 6.61 Å². The first-order valence-corrected chi connectivity index (χ1v) is 7.61. The Morgan fingerprint density at radius 2 is 1.91 bits per heavy atom. The Morgan fingerprint density at radius 3 is 2.64 bits per heavy atom. The van der Waals surface area contributed by atoms with Crippen molar-refractivity contribution in [2.45, 2.75) is 26.5 Å². The molecular weight excluding hydrogens is 301 g/mol. The first-order chi connectivity index (χ1) is 10.6. The second-order valence-corrected chi connectivity index (χ2v) is 5.92. The van der Waals surface area contributed by atoms with Crippen molar-refractivity contribution in [3.05, 3.63) is 65.1 Å². The zero-order valence-electron chi connectivity index (χ0n) is 12.5. The molecule has 0 aliphatic carbocycles. The van der Waals surface area contributed by atoms with Gasteiger partial charge >= 0.3 is 0 Å². The highest BCUT2D eigenvalue weighted by atomic mass is 35.5. The van der Waals surface area contributed by atoms with E-state index >= 15 is 0 Å². The number of rotatable bonds is 4. The van der Waals surface area contributed by atoms with Crippen molar-refractivity contribution >= 4 is 22.5 Å². The molecule has 0 saturated carbocycles. The molecule has 0 amide bonds. The molecule has 2 nitrogen and oxygen atoms in total. The van der Waals surface area contributed by atoms with Crippen LogP contribution in [-0.4, -0.2) is 4.57 Å². The summed E-state index contributed by atoms with van der Waals surface area (Å²) in [7, 11) is 0. The molecular formula is C18H17ClFNO. The fraction of sp³-hybridized carbons (Fsp3) is 0.222. The van der Waals surface area contributed by atoms with Crippen molar-refractivity contribution in [1.82, 2.24) is 4.57 Å². The molecule has 22 heavy (non-hydrogen) atoms. The topological polar surface area (TPSA) is 14.2 Å². The number of ether oxygens (including phenoxy) is 1. The number of halogens is 2. The summed E-state index contributed by atoms with van der Waals surface area (Å²) in [6.45, 7) is 4.51. The molecule has 0 N–H and O–H groups in total. The zero-order chi connectivity index (χ0) is 15.7. The lowest BCUT2D eigenvalue weighted by molar-refractivity contribution is 0.291. The van der Waals surface area contributed by atoms with Crippen molar-refractivity contribution < 1.29 is 9.13 Å². The van der Waals surface area contributed by atoms with Gasteiger partial charge in [0.2, 0.25) is 0 Å². The van der Waals surface area contributed by atoms with E-state index in [0.29, 0.717) is 11.6 Å². The molecule has 0 atom stereocenters. The Bertz CT molecular complexity index is 810. The van der Waals surface area contributed by atoms with Crippen LogP contribution in [0.4, 0.5) is 4.39 Å². The molecule has 0 bridgehead atoms. The quantitative estimate of drug-likeness (QED) is 0.611. The van der Waals surface area contributed by atoms with Crippen LogP contribution in [0.1, 0.15) is 25.5 Å².